The Balaban J connectivity index is 1.58. The van der Waals surface area contributed by atoms with E-state index in [4.69, 9.17) is 4.74 Å². The van der Waals surface area contributed by atoms with E-state index in [0.29, 0.717) is 13.0 Å². The Morgan fingerprint density at radius 1 is 1.37 bits per heavy atom. The van der Waals surface area contributed by atoms with Gasteiger partial charge < -0.3 is 10.1 Å². The number of carbonyl (C=O) groups is 1. The van der Waals surface area contributed by atoms with Crippen molar-refractivity contribution in [2.24, 2.45) is 0 Å². The molecular weight excluding hydrogens is 326 g/mol. The highest BCUT2D eigenvalue weighted by atomic mass is 79.9. The van der Waals surface area contributed by atoms with E-state index < -0.39 is 6.10 Å². The minimum Gasteiger partial charge on any atom is -0.480 e. The Bertz CT molecular complexity index is 586. The second kappa shape index (κ2) is 5.35. The van der Waals surface area contributed by atoms with E-state index in [-0.39, 0.29) is 5.91 Å². The minimum atomic E-state index is -0.402. The van der Waals surface area contributed by atoms with Gasteiger partial charge in [0.1, 0.15) is 5.75 Å². The van der Waals surface area contributed by atoms with E-state index in [1.54, 1.807) is 11.3 Å². The fraction of sp³-hybridized carbons (Fsp3) is 0.214. The molecule has 98 valence electrons. The number of ether oxygens (including phenoxy) is 1. The van der Waals surface area contributed by atoms with Crippen LogP contribution in [0.15, 0.2) is 40.2 Å². The van der Waals surface area contributed by atoms with Gasteiger partial charge >= 0.3 is 0 Å². The standard InChI is InChI=1S/C14H12BrNO2S/c15-13-6-5-10(19-13)8-16-14(17)12-7-9-3-1-2-4-11(9)18-12/h1-6,12H,7-8H2,(H,16,17). The highest BCUT2D eigenvalue weighted by molar-refractivity contribution is 9.11. The van der Waals surface area contributed by atoms with E-state index in [9.17, 15) is 4.79 Å². The second-order valence-electron chi connectivity index (χ2n) is 4.34. The van der Waals surface area contributed by atoms with Crippen molar-refractivity contribution >= 4 is 33.2 Å². The fourth-order valence-corrected chi connectivity index (χ4v) is 3.49. The van der Waals surface area contributed by atoms with Gasteiger partial charge in [0.15, 0.2) is 6.10 Å². The number of benzene rings is 1. The number of fused-ring (bicyclic) bond motifs is 1. The van der Waals surface area contributed by atoms with Crippen LogP contribution in [0.5, 0.6) is 5.75 Å². The summed E-state index contributed by atoms with van der Waals surface area (Å²) in [5.74, 6) is 0.766. The van der Waals surface area contributed by atoms with Crippen LogP contribution in [0.3, 0.4) is 0 Å². The van der Waals surface area contributed by atoms with Crippen LogP contribution in [0.4, 0.5) is 0 Å². The first-order chi connectivity index (χ1) is 9.22. The lowest BCUT2D eigenvalue weighted by Gasteiger charge is -2.10. The molecule has 0 saturated carbocycles. The lowest BCUT2D eigenvalue weighted by molar-refractivity contribution is -0.127. The van der Waals surface area contributed by atoms with Crippen molar-refractivity contribution in [1.82, 2.24) is 5.32 Å². The molecule has 1 atom stereocenters. The minimum absolute atomic E-state index is 0.0549. The predicted octanol–water partition coefficient (Wildman–Crippen LogP) is 3.13. The number of nitrogens with one attached hydrogen (secondary N) is 1. The Morgan fingerprint density at radius 3 is 2.95 bits per heavy atom. The number of rotatable bonds is 3. The summed E-state index contributed by atoms with van der Waals surface area (Å²) in [5.41, 5.74) is 1.10. The van der Waals surface area contributed by atoms with E-state index >= 15 is 0 Å². The van der Waals surface area contributed by atoms with Crippen molar-refractivity contribution < 1.29 is 9.53 Å². The third-order valence-corrected chi connectivity index (χ3v) is 4.63. The van der Waals surface area contributed by atoms with Crippen LogP contribution in [0.1, 0.15) is 10.4 Å². The van der Waals surface area contributed by atoms with Gasteiger partial charge in [-0.3, -0.25) is 4.79 Å². The molecule has 1 unspecified atom stereocenters. The van der Waals surface area contributed by atoms with Gasteiger partial charge in [-0.1, -0.05) is 18.2 Å². The first kappa shape index (κ1) is 12.7. The lowest BCUT2D eigenvalue weighted by Crippen LogP contribution is -2.36. The highest BCUT2D eigenvalue weighted by Crippen LogP contribution is 2.28. The summed E-state index contributed by atoms with van der Waals surface area (Å²) in [7, 11) is 0. The van der Waals surface area contributed by atoms with Crippen LogP contribution in [0.2, 0.25) is 0 Å². The molecule has 1 aromatic carbocycles. The number of para-hydroxylation sites is 1. The van der Waals surface area contributed by atoms with Gasteiger partial charge in [-0.25, -0.2) is 0 Å². The molecule has 3 nitrogen and oxygen atoms in total. The summed E-state index contributed by atoms with van der Waals surface area (Å²) < 4.78 is 6.72. The van der Waals surface area contributed by atoms with Crippen molar-refractivity contribution in [3.63, 3.8) is 0 Å². The van der Waals surface area contributed by atoms with Gasteiger partial charge in [0.25, 0.3) is 5.91 Å². The lowest BCUT2D eigenvalue weighted by atomic mass is 10.1. The molecule has 2 aromatic rings. The number of hydrogen-bond donors (Lipinski definition) is 1. The second-order valence-corrected chi connectivity index (χ2v) is 6.89. The zero-order valence-corrected chi connectivity index (χ0v) is 12.5. The van der Waals surface area contributed by atoms with Crippen molar-refractivity contribution in [3.8, 4) is 5.75 Å². The van der Waals surface area contributed by atoms with Gasteiger partial charge in [-0.15, -0.1) is 11.3 Å². The topological polar surface area (TPSA) is 38.3 Å². The van der Waals surface area contributed by atoms with Crippen LogP contribution in [0, 0.1) is 0 Å². The first-order valence-corrected chi connectivity index (χ1v) is 7.60. The maximum absolute atomic E-state index is 12.1. The van der Waals surface area contributed by atoms with Gasteiger partial charge in [-0.05, 0) is 39.7 Å². The Kier molecular flexibility index (Phi) is 3.57. The van der Waals surface area contributed by atoms with Crippen LogP contribution in [-0.2, 0) is 17.8 Å². The van der Waals surface area contributed by atoms with Gasteiger partial charge in [0, 0.05) is 11.3 Å². The molecule has 1 N–H and O–H groups in total. The third kappa shape index (κ3) is 2.82. The smallest absolute Gasteiger partial charge is 0.261 e. The zero-order chi connectivity index (χ0) is 13.2. The molecule has 2 heterocycles. The summed E-state index contributed by atoms with van der Waals surface area (Å²) in [6.45, 7) is 0.547. The molecule has 1 amide bonds. The molecule has 1 aromatic heterocycles. The molecule has 5 heteroatoms. The molecule has 1 aliphatic rings. The largest absolute Gasteiger partial charge is 0.480 e. The van der Waals surface area contributed by atoms with Gasteiger partial charge in [0.05, 0.1) is 10.3 Å². The van der Waals surface area contributed by atoms with Crippen molar-refractivity contribution in [1.29, 1.82) is 0 Å². The van der Waals surface area contributed by atoms with Crippen LogP contribution in [-0.4, -0.2) is 12.0 Å². The molecule has 0 fully saturated rings. The average molecular weight is 338 g/mol. The normalized spacial score (nSPS) is 16.8. The zero-order valence-electron chi connectivity index (χ0n) is 10.1. The molecule has 1 aliphatic heterocycles. The number of halogens is 1. The highest BCUT2D eigenvalue weighted by Gasteiger charge is 2.28. The number of carbonyl (C=O) groups excluding carboxylic acids is 1. The monoisotopic (exact) mass is 337 g/mol. The van der Waals surface area contributed by atoms with Crippen molar-refractivity contribution in [3.05, 3.63) is 50.6 Å². The molecule has 3 rings (SSSR count). The van der Waals surface area contributed by atoms with E-state index in [1.165, 1.54) is 0 Å². The van der Waals surface area contributed by atoms with Crippen LogP contribution < -0.4 is 10.1 Å². The Hall–Kier alpha value is -1.33. The maximum atomic E-state index is 12.1. The molecule has 0 radical (unpaired) electrons. The average Bonchev–Trinajstić information content (AvgIpc) is 3.01. The molecular formula is C14H12BrNO2S. The predicted molar refractivity (Wildman–Crippen MR) is 78.4 cm³/mol. The van der Waals surface area contributed by atoms with Gasteiger partial charge in [0.2, 0.25) is 0 Å². The molecule has 0 aliphatic carbocycles. The Labute approximate surface area is 123 Å². The van der Waals surface area contributed by atoms with E-state index in [0.717, 1.165) is 20.0 Å². The Morgan fingerprint density at radius 2 is 2.21 bits per heavy atom. The van der Waals surface area contributed by atoms with E-state index in [1.807, 2.05) is 36.4 Å². The van der Waals surface area contributed by atoms with Crippen LogP contribution >= 0.6 is 27.3 Å². The number of hydrogen-bond acceptors (Lipinski definition) is 3. The molecule has 0 saturated heterocycles. The number of amides is 1. The SMILES string of the molecule is O=C(NCc1ccc(Br)s1)C1Cc2ccccc2O1. The summed E-state index contributed by atoms with van der Waals surface area (Å²) >= 11 is 5.03. The van der Waals surface area contributed by atoms with Crippen molar-refractivity contribution in [2.75, 3.05) is 0 Å². The first-order valence-electron chi connectivity index (χ1n) is 5.99. The summed E-state index contributed by atoms with van der Waals surface area (Å²) in [6, 6.07) is 11.8. The molecule has 0 spiro atoms. The third-order valence-electron chi connectivity index (χ3n) is 3.01. The summed E-state index contributed by atoms with van der Waals surface area (Å²) in [6.07, 6.45) is 0.247. The molecule has 0 bridgehead atoms. The summed E-state index contributed by atoms with van der Waals surface area (Å²) in [4.78, 5) is 13.2. The van der Waals surface area contributed by atoms with Crippen molar-refractivity contribution in [2.45, 2.75) is 19.1 Å². The fourth-order valence-electron chi connectivity index (χ4n) is 2.06. The number of thiophene rings is 1. The maximum Gasteiger partial charge on any atom is 0.261 e. The van der Waals surface area contributed by atoms with E-state index in [2.05, 4.69) is 21.2 Å². The summed E-state index contributed by atoms with van der Waals surface area (Å²) in [5, 5.41) is 2.91. The van der Waals surface area contributed by atoms with Gasteiger partial charge in [-0.2, -0.15) is 0 Å². The quantitative estimate of drug-likeness (QED) is 0.934. The molecule has 19 heavy (non-hydrogen) atoms. The van der Waals surface area contributed by atoms with Crippen LogP contribution in [0.25, 0.3) is 0 Å².